The van der Waals surface area contributed by atoms with E-state index in [1.807, 2.05) is 0 Å². The maximum absolute atomic E-state index is 11.8. The van der Waals surface area contributed by atoms with Crippen molar-refractivity contribution < 1.29 is 19.4 Å². The van der Waals surface area contributed by atoms with Gasteiger partial charge in [0.15, 0.2) is 0 Å². The van der Waals surface area contributed by atoms with Crippen LogP contribution in [0.3, 0.4) is 0 Å². The molecule has 0 bridgehead atoms. The van der Waals surface area contributed by atoms with Gasteiger partial charge in [0.2, 0.25) is 5.91 Å². The fraction of sp³-hybridized carbons (Fsp3) is 0.267. The van der Waals surface area contributed by atoms with Crippen molar-refractivity contribution in [1.82, 2.24) is 10.3 Å². The molecule has 128 valence electrons. The second-order valence-corrected chi connectivity index (χ2v) is 6.52. The molecule has 0 aliphatic carbocycles. The van der Waals surface area contributed by atoms with Crippen molar-refractivity contribution in [2.45, 2.75) is 12.8 Å². The Bertz CT molecular complexity index is 736. The molecule has 9 heteroatoms. The van der Waals surface area contributed by atoms with Crippen LogP contribution in [0.1, 0.15) is 10.7 Å². The molecular weight excluding hydrogens is 375 g/mol. The monoisotopic (exact) mass is 387 g/mol. The molecule has 1 heterocycles. The van der Waals surface area contributed by atoms with Crippen LogP contribution in [0.25, 0.3) is 0 Å². The average molecular weight is 388 g/mol. The van der Waals surface area contributed by atoms with Gasteiger partial charge in [-0.05, 0) is 12.1 Å². The van der Waals surface area contributed by atoms with E-state index in [1.165, 1.54) is 11.3 Å². The molecule has 0 fully saturated rings. The van der Waals surface area contributed by atoms with Gasteiger partial charge in [-0.15, -0.1) is 11.3 Å². The molecule has 0 saturated heterocycles. The Morgan fingerprint density at radius 3 is 2.83 bits per heavy atom. The first kappa shape index (κ1) is 18.5. The van der Waals surface area contributed by atoms with Gasteiger partial charge in [-0.1, -0.05) is 23.2 Å². The Balaban J connectivity index is 1.72. The molecule has 1 aromatic carbocycles. The van der Waals surface area contributed by atoms with Crippen LogP contribution in [0.4, 0.5) is 0 Å². The van der Waals surface area contributed by atoms with Gasteiger partial charge >= 0.3 is 0 Å². The van der Waals surface area contributed by atoms with Gasteiger partial charge in [0.05, 0.1) is 23.7 Å². The summed E-state index contributed by atoms with van der Waals surface area (Å²) in [5.41, 5.74) is 0.390. The summed E-state index contributed by atoms with van der Waals surface area (Å²) >= 11 is 13.0. The summed E-state index contributed by atoms with van der Waals surface area (Å²) in [6, 6.07) is 4.88. The molecule has 1 aromatic heterocycles. The lowest BCUT2D eigenvalue weighted by molar-refractivity contribution is -0.304. The lowest BCUT2D eigenvalue weighted by Crippen LogP contribution is -2.29. The largest absolute Gasteiger partial charge is 0.550 e. The zero-order valence-corrected chi connectivity index (χ0v) is 14.7. The predicted molar refractivity (Wildman–Crippen MR) is 89.5 cm³/mol. The van der Waals surface area contributed by atoms with Crippen molar-refractivity contribution in [2.75, 3.05) is 13.2 Å². The molecule has 2 rings (SSSR count). The van der Waals surface area contributed by atoms with E-state index in [4.69, 9.17) is 27.9 Å². The summed E-state index contributed by atoms with van der Waals surface area (Å²) < 4.78 is 5.45. The molecular formula is C15H13Cl2N2O4S-. The van der Waals surface area contributed by atoms with Gasteiger partial charge in [0, 0.05) is 28.9 Å². The van der Waals surface area contributed by atoms with Gasteiger partial charge in [0.1, 0.15) is 17.4 Å². The number of carboxylic acids is 1. The van der Waals surface area contributed by atoms with Crippen molar-refractivity contribution in [1.29, 1.82) is 0 Å². The topological polar surface area (TPSA) is 91.3 Å². The van der Waals surface area contributed by atoms with Crippen LogP contribution >= 0.6 is 34.5 Å². The number of carboxylic acid groups (broad SMARTS) is 1. The Hall–Kier alpha value is -1.83. The van der Waals surface area contributed by atoms with Gasteiger partial charge in [0.25, 0.3) is 0 Å². The van der Waals surface area contributed by atoms with E-state index in [1.54, 1.807) is 23.6 Å². The number of benzene rings is 1. The first-order valence-electron chi connectivity index (χ1n) is 6.91. The Labute approximate surface area is 152 Å². The summed E-state index contributed by atoms with van der Waals surface area (Å²) in [6.07, 6.45) is -0.179. The molecule has 0 aliphatic heterocycles. The number of hydrogen-bond acceptors (Lipinski definition) is 6. The molecule has 0 unspecified atom stereocenters. The molecule has 2 aromatic rings. The normalized spacial score (nSPS) is 10.4. The fourth-order valence-corrected chi connectivity index (χ4v) is 2.92. The zero-order valence-electron chi connectivity index (χ0n) is 12.4. The molecule has 1 N–H and O–H groups in total. The van der Waals surface area contributed by atoms with Crippen LogP contribution in [-0.4, -0.2) is 30.0 Å². The lowest BCUT2D eigenvalue weighted by Gasteiger charge is -2.09. The van der Waals surface area contributed by atoms with E-state index in [0.717, 1.165) is 0 Å². The minimum Gasteiger partial charge on any atom is -0.550 e. The third-order valence-corrected chi connectivity index (χ3v) is 4.26. The third-order valence-electron chi connectivity index (χ3n) is 2.81. The number of carbonyl (C=O) groups is 2. The van der Waals surface area contributed by atoms with Crippen LogP contribution in [0.2, 0.25) is 10.0 Å². The average Bonchev–Trinajstić information content (AvgIpc) is 2.93. The first-order valence-corrected chi connectivity index (χ1v) is 8.55. The molecule has 0 saturated carbocycles. The summed E-state index contributed by atoms with van der Waals surface area (Å²) in [6.45, 7) is 0.526. The maximum Gasteiger partial charge on any atom is 0.226 e. The van der Waals surface area contributed by atoms with E-state index in [0.29, 0.717) is 33.0 Å². The predicted octanol–water partition coefficient (Wildman–Crippen LogP) is 1.48. The van der Waals surface area contributed by atoms with Crippen LogP contribution in [-0.2, 0) is 22.4 Å². The third kappa shape index (κ3) is 5.99. The van der Waals surface area contributed by atoms with Crippen molar-refractivity contribution in [3.05, 3.63) is 44.3 Å². The molecule has 1 amide bonds. The molecule has 6 nitrogen and oxygen atoms in total. The van der Waals surface area contributed by atoms with E-state index < -0.39 is 5.97 Å². The van der Waals surface area contributed by atoms with E-state index in [9.17, 15) is 14.7 Å². The van der Waals surface area contributed by atoms with Crippen molar-refractivity contribution in [3.63, 3.8) is 0 Å². The van der Waals surface area contributed by atoms with Gasteiger partial charge < -0.3 is 20.0 Å². The summed E-state index contributed by atoms with van der Waals surface area (Å²) in [7, 11) is 0. The van der Waals surface area contributed by atoms with Gasteiger partial charge in [-0.3, -0.25) is 4.79 Å². The number of aliphatic carboxylic acids is 1. The number of halogens is 2. The summed E-state index contributed by atoms with van der Waals surface area (Å²) in [5.74, 6) is -0.983. The minimum absolute atomic E-state index is 0.0790. The SMILES string of the molecule is O=C([O-])Cc1csc(CC(=O)NCCOc2cc(Cl)ccc2Cl)n1. The highest BCUT2D eigenvalue weighted by Crippen LogP contribution is 2.27. The number of hydrogen-bond donors (Lipinski definition) is 1. The Morgan fingerprint density at radius 1 is 1.29 bits per heavy atom. The van der Waals surface area contributed by atoms with Crippen LogP contribution in [0.15, 0.2) is 23.6 Å². The van der Waals surface area contributed by atoms with Crippen molar-refractivity contribution >= 4 is 46.4 Å². The van der Waals surface area contributed by atoms with Crippen molar-refractivity contribution in [3.8, 4) is 5.75 Å². The summed E-state index contributed by atoms with van der Waals surface area (Å²) in [5, 5.41) is 16.3. The number of ether oxygens (including phenoxy) is 1. The number of amides is 1. The number of rotatable bonds is 8. The summed E-state index contributed by atoms with van der Waals surface area (Å²) in [4.78, 5) is 26.3. The second kappa shape index (κ2) is 8.86. The maximum atomic E-state index is 11.8. The van der Waals surface area contributed by atoms with E-state index in [2.05, 4.69) is 10.3 Å². The zero-order chi connectivity index (χ0) is 17.5. The van der Waals surface area contributed by atoms with E-state index >= 15 is 0 Å². The number of nitrogens with one attached hydrogen (secondary N) is 1. The van der Waals surface area contributed by atoms with E-state index in [-0.39, 0.29) is 25.4 Å². The number of nitrogens with zero attached hydrogens (tertiary/aromatic N) is 1. The van der Waals surface area contributed by atoms with Crippen LogP contribution in [0, 0.1) is 0 Å². The number of thiazole rings is 1. The molecule has 0 spiro atoms. The molecule has 0 atom stereocenters. The van der Waals surface area contributed by atoms with Crippen molar-refractivity contribution in [2.24, 2.45) is 0 Å². The minimum atomic E-state index is -1.20. The highest BCUT2D eigenvalue weighted by Gasteiger charge is 2.08. The quantitative estimate of drug-likeness (QED) is 0.692. The Kier molecular flexibility index (Phi) is 6.84. The Morgan fingerprint density at radius 2 is 2.08 bits per heavy atom. The fourth-order valence-electron chi connectivity index (χ4n) is 1.80. The number of aromatic nitrogens is 1. The van der Waals surface area contributed by atoms with Gasteiger partial charge in [-0.2, -0.15) is 0 Å². The smallest absolute Gasteiger partial charge is 0.226 e. The highest BCUT2D eigenvalue weighted by molar-refractivity contribution is 7.09. The van der Waals surface area contributed by atoms with Crippen LogP contribution < -0.4 is 15.2 Å². The standard InChI is InChI=1S/C15H14Cl2N2O4S/c16-9-1-2-11(17)12(5-9)23-4-3-18-13(20)7-14-19-10(8-24-14)6-15(21)22/h1-2,5,8H,3-4,6-7H2,(H,18,20)(H,21,22)/p-1. The molecule has 24 heavy (non-hydrogen) atoms. The van der Waals surface area contributed by atoms with Gasteiger partial charge in [-0.25, -0.2) is 4.98 Å². The second-order valence-electron chi connectivity index (χ2n) is 4.73. The number of carbonyl (C=O) groups excluding carboxylic acids is 2. The molecule has 0 aliphatic rings. The highest BCUT2D eigenvalue weighted by atomic mass is 35.5. The van der Waals surface area contributed by atoms with Crippen LogP contribution in [0.5, 0.6) is 5.75 Å². The lowest BCUT2D eigenvalue weighted by atomic mass is 10.3. The molecule has 0 radical (unpaired) electrons. The first-order chi connectivity index (χ1) is 11.4.